The number of benzene rings is 1. The Morgan fingerprint density at radius 2 is 1.76 bits per heavy atom. The highest BCUT2D eigenvalue weighted by Crippen LogP contribution is 2.03. The molecule has 1 aromatic rings. The average molecular weight is 292 g/mol. The second kappa shape index (κ2) is 8.04. The Morgan fingerprint density at radius 1 is 1.14 bits per heavy atom. The summed E-state index contributed by atoms with van der Waals surface area (Å²) >= 11 is 0. The van der Waals surface area contributed by atoms with Gasteiger partial charge in [-0.1, -0.05) is 32.0 Å². The molecule has 1 unspecified atom stereocenters. The van der Waals surface area contributed by atoms with Gasteiger partial charge >= 0.3 is 5.97 Å². The summed E-state index contributed by atoms with van der Waals surface area (Å²) in [5.41, 5.74) is 0.471. The summed E-state index contributed by atoms with van der Waals surface area (Å²) in [6, 6.07) is 7.85. The van der Waals surface area contributed by atoms with Gasteiger partial charge in [0.05, 0.1) is 13.7 Å². The molecule has 0 aliphatic rings. The van der Waals surface area contributed by atoms with Crippen LogP contribution in [0.2, 0.25) is 0 Å². The lowest BCUT2D eigenvalue weighted by atomic mass is 10.0. The second-order valence-corrected chi connectivity index (χ2v) is 4.86. The molecule has 1 rings (SSSR count). The zero-order valence-electron chi connectivity index (χ0n) is 12.4. The van der Waals surface area contributed by atoms with Crippen molar-refractivity contribution in [3.8, 4) is 0 Å². The predicted octanol–water partition coefficient (Wildman–Crippen LogP) is 0.730. The van der Waals surface area contributed by atoms with E-state index in [-0.39, 0.29) is 18.4 Å². The van der Waals surface area contributed by atoms with E-state index >= 15 is 0 Å². The third-order valence-corrected chi connectivity index (χ3v) is 2.88. The summed E-state index contributed by atoms with van der Waals surface area (Å²) in [4.78, 5) is 35.1. The van der Waals surface area contributed by atoms with Crippen LogP contribution >= 0.6 is 0 Å². The maximum Gasteiger partial charge on any atom is 0.328 e. The van der Waals surface area contributed by atoms with Crippen LogP contribution in [0.25, 0.3) is 0 Å². The van der Waals surface area contributed by atoms with Crippen molar-refractivity contribution in [3.05, 3.63) is 35.9 Å². The molecule has 0 aliphatic heterocycles. The van der Waals surface area contributed by atoms with Gasteiger partial charge in [-0.2, -0.15) is 0 Å². The van der Waals surface area contributed by atoms with Crippen LogP contribution in [0.1, 0.15) is 24.2 Å². The zero-order chi connectivity index (χ0) is 15.8. The number of esters is 1. The Morgan fingerprint density at radius 3 is 2.29 bits per heavy atom. The van der Waals surface area contributed by atoms with Crippen molar-refractivity contribution in [3.63, 3.8) is 0 Å². The van der Waals surface area contributed by atoms with Crippen LogP contribution < -0.4 is 10.6 Å². The summed E-state index contributed by atoms with van der Waals surface area (Å²) in [7, 11) is 1.26. The summed E-state index contributed by atoms with van der Waals surface area (Å²) in [5.74, 6) is -1.40. The van der Waals surface area contributed by atoms with Crippen LogP contribution in [0.5, 0.6) is 0 Å². The molecule has 0 bridgehead atoms. The molecule has 0 spiro atoms. The first-order chi connectivity index (χ1) is 9.95. The first kappa shape index (κ1) is 16.7. The van der Waals surface area contributed by atoms with Crippen molar-refractivity contribution in [1.82, 2.24) is 10.6 Å². The molecule has 0 saturated carbocycles. The van der Waals surface area contributed by atoms with Gasteiger partial charge in [-0.15, -0.1) is 0 Å². The fourth-order valence-corrected chi connectivity index (χ4v) is 1.70. The molecule has 0 fully saturated rings. The fraction of sp³-hybridized carbons (Fsp3) is 0.400. The molecule has 0 saturated heterocycles. The molecule has 1 aromatic carbocycles. The number of rotatable bonds is 6. The average Bonchev–Trinajstić information content (AvgIpc) is 2.50. The summed E-state index contributed by atoms with van der Waals surface area (Å²) in [5, 5.41) is 5.04. The van der Waals surface area contributed by atoms with Crippen LogP contribution in [-0.4, -0.2) is 37.5 Å². The van der Waals surface area contributed by atoms with Crippen LogP contribution in [0, 0.1) is 5.92 Å². The van der Waals surface area contributed by atoms with Gasteiger partial charge in [-0.05, 0) is 18.1 Å². The third-order valence-electron chi connectivity index (χ3n) is 2.88. The fourth-order valence-electron chi connectivity index (χ4n) is 1.70. The van der Waals surface area contributed by atoms with Gasteiger partial charge in [0.15, 0.2) is 0 Å². The third kappa shape index (κ3) is 5.25. The van der Waals surface area contributed by atoms with E-state index in [1.54, 1.807) is 44.2 Å². The van der Waals surface area contributed by atoms with Gasteiger partial charge in [0.2, 0.25) is 5.91 Å². The number of methoxy groups -OCH3 is 1. The topological polar surface area (TPSA) is 84.5 Å². The highest BCUT2D eigenvalue weighted by Gasteiger charge is 2.24. The van der Waals surface area contributed by atoms with Crippen molar-refractivity contribution in [2.24, 2.45) is 5.92 Å². The van der Waals surface area contributed by atoms with Crippen LogP contribution in [-0.2, 0) is 14.3 Å². The first-order valence-corrected chi connectivity index (χ1v) is 6.66. The maximum atomic E-state index is 11.8. The summed E-state index contributed by atoms with van der Waals surface area (Å²) < 4.78 is 4.63. The maximum absolute atomic E-state index is 11.8. The Labute approximate surface area is 123 Å². The monoisotopic (exact) mass is 292 g/mol. The SMILES string of the molecule is COC(=O)C(NC(=O)CNC(=O)c1ccccc1)C(C)C. The molecule has 21 heavy (non-hydrogen) atoms. The lowest BCUT2D eigenvalue weighted by Crippen LogP contribution is -2.48. The van der Waals surface area contributed by atoms with Crippen molar-refractivity contribution < 1.29 is 19.1 Å². The van der Waals surface area contributed by atoms with Gasteiger partial charge in [-0.25, -0.2) is 4.79 Å². The highest BCUT2D eigenvalue weighted by molar-refractivity contribution is 5.96. The van der Waals surface area contributed by atoms with Crippen molar-refractivity contribution in [1.29, 1.82) is 0 Å². The Bertz CT molecular complexity index is 500. The second-order valence-electron chi connectivity index (χ2n) is 4.86. The number of carbonyl (C=O) groups is 3. The molecule has 0 heterocycles. The summed E-state index contributed by atoms with van der Waals surface area (Å²) in [6.07, 6.45) is 0. The number of nitrogens with one attached hydrogen (secondary N) is 2. The van der Waals surface area contributed by atoms with E-state index in [1.165, 1.54) is 7.11 Å². The minimum Gasteiger partial charge on any atom is -0.467 e. The number of carbonyl (C=O) groups excluding carboxylic acids is 3. The molecule has 6 nitrogen and oxygen atoms in total. The molecule has 2 N–H and O–H groups in total. The van der Waals surface area contributed by atoms with Gasteiger partial charge in [0, 0.05) is 5.56 Å². The summed E-state index contributed by atoms with van der Waals surface area (Å²) in [6.45, 7) is 3.39. The molecule has 0 aliphatic carbocycles. The van der Waals surface area contributed by atoms with Crippen LogP contribution in [0.3, 0.4) is 0 Å². The van der Waals surface area contributed by atoms with Crippen molar-refractivity contribution in [2.75, 3.05) is 13.7 Å². The van der Waals surface area contributed by atoms with Crippen molar-refractivity contribution >= 4 is 17.8 Å². The molecular formula is C15H20N2O4. The number of amides is 2. The standard InChI is InChI=1S/C15H20N2O4/c1-10(2)13(15(20)21-3)17-12(18)9-16-14(19)11-7-5-4-6-8-11/h4-8,10,13H,9H2,1-3H3,(H,16,19)(H,17,18). The molecule has 114 valence electrons. The number of ether oxygens (including phenoxy) is 1. The molecule has 0 radical (unpaired) electrons. The van der Waals surface area contributed by atoms with Crippen LogP contribution in [0.4, 0.5) is 0 Å². The van der Waals surface area contributed by atoms with E-state index in [0.29, 0.717) is 5.56 Å². The van der Waals surface area contributed by atoms with Gasteiger partial charge < -0.3 is 15.4 Å². The van der Waals surface area contributed by atoms with E-state index < -0.39 is 17.9 Å². The Kier molecular flexibility index (Phi) is 6.39. The van der Waals surface area contributed by atoms with E-state index in [0.717, 1.165) is 0 Å². The van der Waals surface area contributed by atoms with Gasteiger partial charge in [-0.3, -0.25) is 9.59 Å². The first-order valence-electron chi connectivity index (χ1n) is 6.66. The molecule has 2 amide bonds. The molecule has 1 atom stereocenters. The van der Waals surface area contributed by atoms with Gasteiger partial charge in [0.25, 0.3) is 5.91 Å². The largest absolute Gasteiger partial charge is 0.467 e. The molecule has 0 aromatic heterocycles. The normalized spacial score (nSPS) is 11.6. The van der Waals surface area contributed by atoms with E-state index in [4.69, 9.17) is 0 Å². The van der Waals surface area contributed by atoms with Crippen LogP contribution in [0.15, 0.2) is 30.3 Å². The zero-order valence-corrected chi connectivity index (χ0v) is 12.4. The number of hydrogen-bond acceptors (Lipinski definition) is 4. The lowest BCUT2D eigenvalue weighted by molar-refractivity contribution is -0.146. The van der Waals surface area contributed by atoms with Gasteiger partial charge in [0.1, 0.15) is 6.04 Å². The minimum atomic E-state index is -0.726. The predicted molar refractivity (Wildman–Crippen MR) is 77.6 cm³/mol. The molecule has 6 heteroatoms. The Hall–Kier alpha value is -2.37. The highest BCUT2D eigenvalue weighted by atomic mass is 16.5. The minimum absolute atomic E-state index is 0.105. The van der Waals surface area contributed by atoms with E-state index in [9.17, 15) is 14.4 Å². The van der Waals surface area contributed by atoms with E-state index in [1.807, 2.05) is 0 Å². The van der Waals surface area contributed by atoms with Crippen molar-refractivity contribution in [2.45, 2.75) is 19.9 Å². The Balaban J connectivity index is 2.50. The quantitative estimate of drug-likeness (QED) is 0.757. The smallest absolute Gasteiger partial charge is 0.328 e. The number of hydrogen-bond donors (Lipinski definition) is 2. The lowest BCUT2D eigenvalue weighted by Gasteiger charge is -2.19. The molecular weight excluding hydrogens is 272 g/mol. The van der Waals surface area contributed by atoms with E-state index in [2.05, 4.69) is 15.4 Å².